The first-order chi connectivity index (χ1) is 14.1. The Kier molecular flexibility index (Phi) is 5.08. The van der Waals surface area contributed by atoms with E-state index in [1.54, 1.807) is 30.3 Å². The van der Waals surface area contributed by atoms with Crippen LogP contribution < -0.4 is 10.6 Å². The molecule has 2 heterocycles. The monoisotopic (exact) mass is 405 g/mol. The number of hydrogen-bond donors (Lipinski definition) is 3. The number of carbonyl (C=O) groups excluding carboxylic acids is 1. The molecule has 144 valence electrons. The summed E-state index contributed by atoms with van der Waals surface area (Å²) in [6.45, 7) is 0. The molecule has 29 heavy (non-hydrogen) atoms. The van der Waals surface area contributed by atoms with Gasteiger partial charge in [0.15, 0.2) is 10.7 Å². The van der Waals surface area contributed by atoms with Gasteiger partial charge >= 0.3 is 0 Å². The standard InChI is InChI=1S/C21H15N3O4S/c25-17-12-13(22-21(29)24-19(26)10-8-14-4-3-11-27-14)7-9-15(17)20-23-16-5-1-2-6-18(16)28-20/h1-12,25H,(H2,22,24,26,29)/b10-8+. The predicted molar refractivity (Wildman–Crippen MR) is 113 cm³/mol. The van der Waals surface area contributed by atoms with Crippen molar-refractivity contribution < 1.29 is 18.7 Å². The number of oxazole rings is 1. The first-order valence-corrected chi connectivity index (χ1v) is 9.02. The van der Waals surface area contributed by atoms with Crippen LogP contribution in [0.1, 0.15) is 5.76 Å². The van der Waals surface area contributed by atoms with Crippen LogP contribution in [0.4, 0.5) is 5.69 Å². The van der Waals surface area contributed by atoms with E-state index in [0.29, 0.717) is 34.0 Å². The third kappa shape index (κ3) is 4.33. The molecule has 0 fully saturated rings. The SMILES string of the molecule is O=C(/C=C/c1ccco1)NC(=S)Nc1ccc(-c2nc3ccccc3o2)c(O)c1. The zero-order valence-corrected chi connectivity index (χ0v) is 15.8. The number of anilines is 1. The van der Waals surface area contributed by atoms with Gasteiger partial charge in [-0.1, -0.05) is 12.1 Å². The fourth-order valence-electron chi connectivity index (χ4n) is 2.64. The smallest absolute Gasteiger partial charge is 0.250 e. The van der Waals surface area contributed by atoms with Gasteiger partial charge in [0, 0.05) is 17.8 Å². The molecular formula is C21H15N3O4S. The van der Waals surface area contributed by atoms with Gasteiger partial charge in [0.1, 0.15) is 17.0 Å². The number of furan rings is 1. The lowest BCUT2D eigenvalue weighted by atomic mass is 10.2. The Bertz CT molecular complexity index is 1180. The van der Waals surface area contributed by atoms with E-state index in [1.165, 1.54) is 24.5 Å². The summed E-state index contributed by atoms with van der Waals surface area (Å²) in [6.07, 6.45) is 4.35. The van der Waals surface area contributed by atoms with Crippen molar-refractivity contribution in [3.8, 4) is 17.2 Å². The zero-order chi connectivity index (χ0) is 20.2. The summed E-state index contributed by atoms with van der Waals surface area (Å²) in [5.41, 5.74) is 2.29. The van der Waals surface area contributed by atoms with Gasteiger partial charge in [0.25, 0.3) is 0 Å². The second kappa shape index (κ2) is 7.99. The van der Waals surface area contributed by atoms with Gasteiger partial charge in [0.2, 0.25) is 11.8 Å². The van der Waals surface area contributed by atoms with Gasteiger partial charge in [0.05, 0.1) is 11.8 Å². The highest BCUT2D eigenvalue weighted by atomic mass is 32.1. The number of aromatic nitrogens is 1. The Morgan fingerprint density at radius 3 is 2.76 bits per heavy atom. The fraction of sp³-hybridized carbons (Fsp3) is 0. The normalized spacial score (nSPS) is 11.0. The Morgan fingerprint density at radius 1 is 1.14 bits per heavy atom. The molecule has 0 unspecified atom stereocenters. The number of phenols is 1. The first-order valence-electron chi connectivity index (χ1n) is 8.61. The summed E-state index contributed by atoms with van der Waals surface area (Å²) in [6, 6.07) is 15.6. The average molecular weight is 405 g/mol. The van der Waals surface area contributed by atoms with Gasteiger partial charge in [-0.05, 0) is 54.7 Å². The summed E-state index contributed by atoms with van der Waals surface area (Å²) >= 11 is 5.13. The largest absolute Gasteiger partial charge is 0.507 e. The van der Waals surface area contributed by atoms with Crippen LogP contribution in [-0.2, 0) is 4.79 Å². The number of benzene rings is 2. The minimum absolute atomic E-state index is 0.0339. The highest BCUT2D eigenvalue weighted by Crippen LogP contribution is 2.32. The second-order valence-corrected chi connectivity index (χ2v) is 6.42. The van der Waals surface area contributed by atoms with Crippen LogP contribution in [-0.4, -0.2) is 21.1 Å². The number of amides is 1. The highest BCUT2D eigenvalue weighted by Gasteiger charge is 2.13. The number of phenolic OH excluding ortho intramolecular Hbond substituents is 1. The molecule has 2 aromatic heterocycles. The Hall–Kier alpha value is -3.91. The Morgan fingerprint density at radius 2 is 2.00 bits per heavy atom. The molecule has 1 amide bonds. The number of hydrogen-bond acceptors (Lipinski definition) is 6. The molecule has 0 saturated heterocycles. The molecule has 3 N–H and O–H groups in total. The summed E-state index contributed by atoms with van der Waals surface area (Å²) in [7, 11) is 0. The molecule has 0 bridgehead atoms. The summed E-state index contributed by atoms with van der Waals surface area (Å²) < 4.78 is 10.8. The quantitative estimate of drug-likeness (QED) is 0.343. The van der Waals surface area contributed by atoms with Crippen LogP contribution in [0.2, 0.25) is 0 Å². The summed E-state index contributed by atoms with van der Waals surface area (Å²) in [4.78, 5) is 16.3. The van der Waals surface area contributed by atoms with Gasteiger partial charge in [-0.2, -0.15) is 0 Å². The molecule has 0 aliphatic heterocycles. The van der Waals surface area contributed by atoms with Crippen LogP contribution in [0.25, 0.3) is 28.6 Å². The van der Waals surface area contributed by atoms with E-state index >= 15 is 0 Å². The first kappa shape index (κ1) is 18.5. The zero-order valence-electron chi connectivity index (χ0n) is 15.0. The molecule has 2 aromatic carbocycles. The van der Waals surface area contributed by atoms with Crippen LogP contribution in [0.5, 0.6) is 5.75 Å². The molecule has 0 aliphatic rings. The molecule has 0 saturated carbocycles. The topological polar surface area (TPSA) is 101 Å². The molecule has 4 aromatic rings. The number of para-hydroxylation sites is 2. The maximum Gasteiger partial charge on any atom is 0.250 e. The van der Waals surface area contributed by atoms with Crippen LogP contribution >= 0.6 is 12.2 Å². The van der Waals surface area contributed by atoms with Crippen LogP contribution in [0.3, 0.4) is 0 Å². The third-order valence-electron chi connectivity index (χ3n) is 3.96. The van der Waals surface area contributed by atoms with Crippen LogP contribution in [0.15, 0.2) is 75.8 Å². The third-order valence-corrected chi connectivity index (χ3v) is 4.16. The number of nitrogens with one attached hydrogen (secondary N) is 2. The molecule has 4 rings (SSSR count). The van der Waals surface area contributed by atoms with E-state index in [0.717, 1.165) is 0 Å². The van der Waals surface area contributed by atoms with Crippen molar-refractivity contribution in [1.29, 1.82) is 0 Å². The lowest BCUT2D eigenvalue weighted by molar-refractivity contribution is -0.115. The average Bonchev–Trinajstić information content (AvgIpc) is 3.36. The second-order valence-electron chi connectivity index (χ2n) is 6.01. The van der Waals surface area contributed by atoms with Crippen molar-refractivity contribution >= 4 is 46.1 Å². The minimum atomic E-state index is -0.411. The number of rotatable bonds is 4. The Balaban J connectivity index is 1.42. The summed E-state index contributed by atoms with van der Waals surface area (Å²) in [5, 5.41) is 15.8. The summed E-state index contributed by atoms with van der Waals surface area (Å²) in [5.74, 6) is 0.424. The van der Waals surface area contributed by atoms with Gasteiger partial charge < -0.3 is 19.3 Å². The van der Waals surface area contributed by atoms with E-state index < -0.39 is 5.91 Å². The minimum Gasteiger partial charge on any atom is -0.507 e. The Labute approximate surface area is 170 Å². The van der Waals surface area contributed by atoms with E-state index in [2.05, 4.69) is 15.6 Å². The molecule has 0 spiro atoms. The fourth-order valence-corrected chi connectivity index (χ4v) is 2.86. The molecule has 0 atom stereocenters. The molecule has 0 aliphatic carbocycles. The van der Waals surface area contributed by atoms with Crippen molar-refractivity contribution in [3.63, 3.8) is 0 Å². The van der Waals surface area contributed by atoms with E-state index in [9.17, 15) is 9.90 Å². The highest BCUT2D eigenvalue weighted by molar-refractivity contribution is 7.80. The maximum atomic E-state index is 11.9. The lowest BCUT2D eigenvalue weighted by Gasteiger charge is -2.09. The van der Waals surface area contributed by atoms with Crippen molar-refractivity contribution in [3.05, 3.63) is 72.7 Å². The van der Waals surface area contributed by atoms with Crippen molar-refractivity contribution in [2.45, 2.75) is 0 Å². The van der Waals surface area contributed by atoms with Gasteiger partial charge in [-0.25, -0.2) is 4.98 Å². The van der Waals surface area contributed by atoms with Crippen molar-refractivity contribution in [2.24, 2.45) is 0 Å². The molecule has 7 nitrogen and oxygen atoms in total. The molecule has 0 radical (unpaired) electrons. The van der Waals surface area contributed by atoms with E-state index in [4.69, 9.17) is 21.1 Å². The lowest BCUT2D eigenvalue weighted by Crippen LogP contribution is -2.32. The van der Waals surface area contributed by atoms with Gasteiger partial charge in [-0.15, -0.1) is 0 Å². The van der Waals surface area contributed by atoms with Crippen molar-refractivity contribution in [2.75, 3.05) is 5.32 Å². The number of nitrogens with zero attached hydrogens (tertiary/aromatic N) is 1. The van der Waals surface area contributed by atoms with E-state index in [-0.39, 0.29) is 10.9 Å². The number of aromatic hydroxyl groups is 1. The van der Waals surface area contributed by atoms with Crippen LogP contribution in [0, 0.1) is 0 Å². The maximum absolute atomic E-state index is 11.9. The van der Waals surface area contributed by atoms with E-state index in [1.807, 2.05) is 18.2 Å². The number of fused-ring (bicyclic) bond motifs is 1. The predicted octanol–water partition coefficient (Wildman–Crippen LogP) is 4.32. The number of carbonyl (C=O) groups is 1. The molecular weight excluding hydrogens is 390 g/mol. The molecule has 8 heteroatoms. The van der Waals surface area contributed by atoms with Gasteiger partial charge in [-0.3, -0.25) is 10.1 Å². The van der Waals surface area contributed by atoms with Crippen molar-refractivity contribution in [1.82, 2.24) is 10.3 Å². The number of thiocarbonyl (C=S) groups is 1.